The van der Waals surface area contributed by atoms with Crippen LogP contribution in [0.5, 0.6) is 5.75 Å². The molecule has 0 saturated carbocycles. The van der Waals surface area contributed by atoms with Gasteiger partial charge < -0.3 is 28.9 Å². The van der Waals surface area contributed by atoms with Gasteiger partial charge in [0.2, 0.25) is 5.91 Å². The quantitative estimate of drug-likeness (QED) is 0.432. The average Bonchev–Trinajstić information content (AvgIpc) is 3.25. The number of fused-ring (bicyclic) bond motifs is 3. The van der Waals surface area contributed by atoms with Gasteiger partial charge in [-0.1, -0.05) is 36.4 Å². The van der Waals surface area contributed by atoms with E-state index in [2.05, 4.69) is 0 Å². The van der Waals surface area contributed by atoms with Crippen LogP contribution in [0.1, 0.15) is 17.5 Å². The van der Waals surface area contributed by atoms with Crippen LogP contribution in [0.3, 0.4) is 0 Å². The van der Waals surface area contributed by atoms with Gasteiger partial charge in [-0.15, -0.1) is 0 Å². The summed E-state index contributed by atoms with van der Waals surface area (Å²) in [6.45, 7) is 0.413. The lowest BCUT2D eigenvalue weighted by molar-refractivity contribution is -0.158. The van der Waals surface area contributed by atoms with Crippen LogP contribution in [-0.2, 0) is 20.9 Å². The summed E-state index contributed by atoms with van der Waals surface area (Å²) in [4.78, 5) is 27.7. The largest absolute Gasteiger partial charge is 0.592 e. The highest BCUT2D eigenvalue weighted by Gasteiger charge is 2.50. The van der Waals surface area contributed by atoms with Gasteiger partial charge in [-0.05, 0) is 35.8 Å². The van der Waals surface area contributed by atoms with Gasteiger partial charge in [-0.3, -0.25) is 9.59 Å². The maximum Gasteiger partial charge on any atom is 0.592 e. The fraction of sp³-hybridized carbons (Fsp3) is 0.280. The second-order valence-electron chi connectivity index (χ2n) is 8.66. The third kappa shape index (κ3) is 3.57. The van der Waals surface area contributed by atoms with E-state index in [1.54, 1.807) is 25.4 Å². The van der Waals surface area contributed by atoms with Crippen LogP contribution in [0.15, 0.2) is 60.8 Å². The standard InChI is InChI=1S/C25H25BN2O6/c1-33-16-8-9-22-17(10-16)21(14-28(22)26(31)32)18-11-19-20(25(30)34-2)12-23(18)27(24(19)29)13-15-6-4-3-5-7-15/h3-11,14,19-20,23,31-32H,12-13H2,1-2H3/t19-,20-,23-/m1/s1. The Kier molecular flexibility index (Phi) is 5.67. The first-order valence-corrected chi connectivity index (χ1v) is 11.1. The maximum absolute atomic E-state index is 13.4. The van der Waals surface area contributed by atoms with Crippen molar-refractivity contribution in [3.8, 4) is 5.75 Å². The summed E-state index contributed by atoms with van der Waals surface area (Å²) < 4.78 is 11.8. The van der Waals surface area contributed by atoms with Gasteiger partial charge in [0.05, 0.1) is 32.1 Å². The van der Waals surface area contributed by atoms with Crippen molar-refractivity contribution in [2.24, 2.45) is 11.8 Å². The Hall–Kier alpha value is -3.56. The van der Waals surface area contributed by atoms with E-state index in [1.807, 2.05) is 47.4 Å². The number of piperidine rings is 1. The molecule has 0 spiro atoms. The first-order chi connectivity index (χ1) is 16.4. The molecule has 174 valence electrons. The molecule has 2 aliphatic heterocycles. The average molecular weight is 460 g/mol. The van der Waals surface area contributed by atoms with Crippen LogP contribution < -0.4 is 4.74 Å². The molecule has 0 unspecified atom stereocenters. The van der Waals surface area contributed by atoms with Crippen LogP contribution in [-0.4, -0.2) is 58.8 Å². The van der Waals surface area contributed by atoms with Gasteiger partial charge in [-0.25, -0.2) is 0 Å². The van der Waals surface area contributed by atoms with E-state index < -0.39 is 25.1 Å². The van der Waals surface area contributed by atoms with E-state index >= 15 is 0 Å². The highest BCUT2D eigenvalue weighted by atomic mass is 16.5. The SMILES string of the molecule is COC(=O)[C@@H]1C[C@@H]2C(c3cn(B(O)O)c4ccc(OC)cc34)=C[C@H]1C(=O)N2Cc1ccccc1. The summed E-state index contributed by atoms with van der Waals surface area (Å²) in [6.07, 6.45) is 3.96. The number of carbonyl (C=O) groups excluding carboxylic acids is 2. The zero-order valence-corrected chi connectivity index (χ0v) is 18.9. The number of ether oxygens (including phenoxy) is 2. The Labute approximate surface area is 197 Å². The third-order valence-electron chi connectivity index (χ3n) is 6.87. The molecule has 1 saturated heterocycles. The second-order valence-corrected chi connectivity index (χ2v) is 8.66. The molecular weight excluding hydrogens is 435 g/mol. The molecule has 1 amide bonds. The Morgan fingerprint density at radius 1 is 1.15 bits per heavy atom. The number of amides is 1. The van der Waals surface area contributed by atoms with Crippen molar-refractivity contribution in [3.05, 3.63) is 71.9 Å². The lowest BCUT2D eigenvalue weighted by Crippen LogP contribution is -2.56. The van der Waals surface area contributed by atoms with Crippen molar-refractivity contribution in [1.82, 2.24) is 9.38 Å². The molecule has 34 heavy (non-hydrogen) atoms. The van der Waals surface area contributed by atoms with Crippen LogP contribution >= 0.6 is 0 Å². The van der Waals surface area contributed by atoms with Crippen molar-refractivity contribution in [2.75, 3.05) is 14.2 Å². The van der Waals surface area contributed by atoms with E-state index in [4.69, 9.17) is 9.47 Å². The van der Waals surface area contributed by atoms with E-state index in [-0.39, 0.29) is 11.9 Å². The number of aromatic nitrogens is 1. The Morgan fingerprint density at radius 2 is 1.91 bits per heavy atom. The fourth-order valence-electron chi connectivity index (χ4n) is 5.23. The Balaban J connectivity index is 1.65. The first-order valence-electron chi connectivity index (χ1n) is 11.1. The lowest BCUT2D eigenvalue weighted by Gasteiger charge is -2.47. The molecule has 3 aliphatic rings. The molecule has 8 nitrogen and oxygen atoms in total. The number of nitrogens with zero attached hydrogens (tertiary/aromatic N) is 2. The summed E-state index contributed by atoms with van der Waals surface area (Å²) in [5, 5.41) is 20.7. The van der Waals surface area contributed by atoms with Crippen LogP contribution in [0.4, 0.5) is 0 Å². The molecule has 2 aromatic carbocycles. The monoisotopic (exact) mass is 460 g/mol. The zero-order chi connectivity index (χ0) is 24.0. The predicted octanol–water partition coefficient (Wildman–Crippen LogP) is 2.07. The number of esters is 1. The topological polar surface area (TPSA) is 101 Å². The van der Waals surface area contributed by atoms with Gasteiger partial charge in [0.1, 0.15) is 5.75 Å². The van der Waals surface area contributed by atoms with Gasteiger partial charge in [0.25, 0.3) is 0 Å². The molecule has 0 radical (unpaired) electrons. The number of methoxy groups -OCH3 is 2. The number of rotatable bonds is 6. The fourth-order valence-corrected chi connectivity index (χ4v) is 5.23. The molecule has 9 heteroatoms. The minimum absolute atomic E-state index is 0.109. The molecule has 1 aliphatic carbocycles. The first kappa shape index (κ1) is 22.2. The molecule has 2 bridgehead atoms. The Bertz CT molecular complexity index is 1290. The van der Waals surface area contributed by atoms with Crippen LogP contribution in [0.25, 0.3) is 16.5 Å². The highest BCUT2D eigenvalue weighted by Crippen LogP contribution is 2.46. The predicted molar refractivity (Wildman–Crippen MR) is 126 cm³/mol. The van der Waals surface area contributed by atoms with E-state index in [9.17, 15) is 19.6 Å². The van der Waals surface area contributed by atoms with E-state index in [0.29, 0.717) is 24.2 Å². The minimum Gasteiger partial charge on any atom is -0.497 e. The number of carbonyl (C=O) groups is 2. The summed E-state index contributed by atoms with van der Waals surface area (Å²) in [6, 6.07) is 14.7. The summed E-state index contributed by atoms with van der Waals surface area (Å²) in [5.41, 5.74) is 3.26. The van der Waals surface area contributed by atoms with Gasteiger partial charge >= 0.3 is 13.2 Å². The van der Waals surface area contributed by atoms with E-state index in [0.717, 1.165) is 22.1 Å². The van der Waals surface area contributed by atoms with Crippen molar-refractivity contribution >= 4 is 35.6 Å². The molecular formula is C25H25BN2O6. The smallest absolute Gasteiger partial charge is 0.497 e. The van der Waals surface area contributed by atoms with E-state index in [1.165, 1.54) is 11.6 Å². The molecule has 3 aromatic rings. The summed E-state index contributed by atoms with van der Waals surface area (Å²) in [7, 11) is 1.18. The molecule has 2 N–H and O–H groups in total. The van der Waals surface area contributed by atoms with Crippen LogP contribution in [0, 0.1) is 11.8 Å². The Morgan fingerprint density at radius 3 is 2.59 bits per heavy atom. The maximum atomic E-state index is 13.4. The van der Waals surface area contributed by atoms with Gasteiger partial charge in [-0.2, -0.15) is 0 Å². The second kappa shape index (κ2) is 8.66. The molecule has 3 atom stereocenters. The van der Waals surface area contributed by atoms with Crippen LogP contribution in [0.2, 0.25) is 0 Å². The summed E-state index contributed by atoms with van der Waals surface area (Å²) >= 11 is 0. The number of hydrogen-bond acceptors (Lipinski definition) is 6. The molecule has 1 aromatic heterocycles. The van der Waals surface area contributed by atoms with Gasteiger partial charge in [0, 0.05) is 29.2 Å². The highest BCUT2D eigenvalue weighted by molar-refractivity contribution is 6.41. The zero-order valence-electron chi connectivity index (χ0n) is 18.9. The van der Waals surface area contributed by atoms with Crippen molar-refractivity contribution in [3.63, 3.8) is 0 Å². The third-order valence-corrected chi connectivity index (χ3v) is 6.87. The number of hydrogen-bond donors (Lipinski definition) is 2. The number of benzene rings is 2. The van der Waals surface area contributed by atoms with Gasteiger partial charge in [0.15, 0.2) is 0 Å². The lowest BCUT2D eigenvalue weighted by atomic mass is 9.70. The normalized spacial score (nSPS) is 21.5. The van der Waals surface area contributed by atoms with Crippen molar-refractivity contribution < 1.29 is 29.1 Å². The summed E-state index contributed by atoms with van der Waals surface area (Å²) in [5.74, 6) is -1.08. The van der Waals surface area contributed by atoms with Crippen molar-refractivity contribution in [1.29, 1.82) is 0 Å². The van der Waals surface area contributed by atoms with Crippen molar-refractivity contribution in [2.45, 2.75) is 19.0 Å². The minimum atomic E-state index is -1.73. The molecule has 1 fully saturated rings. The molecule has 3 heterocycles. The molecule has 6 rings (SSSR count).